The molecule has 0 aliphatic rings. The third kappa shape index (κ3) is 2.84. The Kier molecular flexibility index (Phi) is 4.12. The summed E-state index contributed by atoms with van der Waals surface area (Å²) >= 11 is 0. The van der Waals surface area contributed by atoms with Gasteiger partial charge in [-0.1, -0.05) is 0 Å². The first-order valence-corrected chi connectivity index (χ1v) is 8.60. The number of methoxy groups -OCH3 is 1. The molecular formula is C21H20NO5+. The number of hydrogen-bond donors (Lipinski definition) is 2. The van der Waals surface area contributed by atoms with Gasteiger partial charge in [0, 0.05) is 10.8 Å². The minimum Gasteiger partial charge on any atom is -0.507 e. The van der Waals surface area contributed by atoms with Crippen LogP contribution in [0.2, 0.25) is 0 Å². The summed E-state index contributed by atoms with van der Waals surface area (Å²) in [7, 11) is 5.54. The third-order valence-corrected chi connectivity index (χ3v) is 4.62. The summed E-state index contributed by atoms with van der Waals surface area (Å²) in [5.74, 6) is 0.573. The predicted octanol–water partition coefficient (Wildman–Crippen LogP) is 2.77. The smallest absolute Gasteiger partial charge is 0.200 e. The number of carbonyl (C=O) groups is 1. The molecule has 2 heterocycles. The number of rotatable bonds is 5. The van der Waals surface area contributed by atoms with Crippen LogP contribution in [-0.4, -0.2) is 32.1 Å². The van der Waals surface area contributed by atoms with Gasteiger partial charge >= 0.3 is 0 Å². The zero-order chi connectivity index (χ0) is 19.1. The number of carbonyl (C=O) groups excluding carboxylic acids is 1. The maximum absolute atomic E-state index is 13.3. The van der Waals surface area contributed by atoms with Gasteiger partial charge in [-0.05, 0) is 30.3 Å². The molecule has 0 saturated carbocycles. The third-order valence-electron chi connectivity index (χ3n) is 4.62. The summed E-state index contributed by atoms with van der Waals surface area (Å²) in [5, 5.41) is 11.7. The predicted molar refractivity (Wildman–Crippen MR) is 101 cm³/mol. The van der Waals surface area contributed by atoms with Crippen LogP contribution < -0.4 is 9.64 Å². The van der Waals surface area contributed by atoms with E-state index in [1.54, 1.807) is 37.4 Å². The Bertz CT molecular complexity index is 1150. The van der Waals surface area contributed by atoms with Crippen LogP contribution in [0.1, 0.15) is 21.5 Å². The quantitative estimate of drug-likeness (QED) is 0.531. The molecule has 6 heteroatoms. The van der Waals surface area contributed by atoms with Crippen molar-refractivity contribution in [1.82, 2.24) is 0 Å². The fraction of sp³-hybridized carbons (Fsp3) is 0.190. The summed E-state index contributed by atoms with van der Waals surface area (Å²) in [6.45, 7) is 0.558. The average Bonchev–Trinajstić information content (AvgIpc) is 3.27. The SMILES string of the molecule is COc1ccc2occ(C(=O)c3coc4ccc(O)c(C[NH+](C)C)c34)c2c1. The van der Waals surface area contributed by atoms with Gasteiger partial charge in [-0.25, -0.2) is 0 Å². The molecule has 0 unspecified atom stereocenters. The Morgan fingerprint density at radius 1 is 1.07 bits per heavy atom. The molecule has 0 bridgehead atoms. The van der Waals surface area contributed by atoms with Gasteiger partial charge in [-0.3, -0.25) is 4.79 Å². The zero-order valence-electron chi connectivity index (χ0n) is 15.3. The molecule has 4 rings (SSSR count). The number of fused-ring (bicyclic) bond motifs is 2. The van der Waals surface area contributed by atoms with Gasteiger partial charge in [0.15, 0.2) is 0 Å². The van der Waals surface area contributed by atoms with Gasteiger partial charge in [0.1, 0.15) is 41.7 Å². The van der Waals surface area contributed by atoms with E-state index >= 15 is 0 Å². The number of phenols is 1. The zero-order valence-corrected chi connectivity index (χ0v) is 15.3. The molecule has 0 aliphatic carbocycles. The van der Waals surface area contributed by atoms with Crippen LogP contribution in [0.3, 0.4) is 0 Å². The van der Waals surface area contributed by atoms with E-state index in [1.807, 2.05) is 14.1 Å². The lowest BCUT2D eigenvalue weighted by Crippen LogP contribution is -3.04. The molecule has 2 N–H and O–H groups in total. The molecular weight excluding hydrogens is 346 g/mol. The molecule has 0 amide bonds. The van der Waals surface area contributed by atoms with Crippen molar-refractivity contribution in [3.63, 3.8) is 0 Å². The van der Waals surface area contributed by atoms with E-state index in [9.17, 15) is 9.90 Å². The highest BCUT2D eigenvalue weighted by molar-refractivity contribution is 6.21. The van der Waals surface area contributed by atoms with Crippen molar-refractivity contribution < 1.29 is 28.4 Å². The van der Waals surface area contributed by atoms with Crippen LogP contribution in [0.25, 0.3) is 21.9 Å². The van der Waals surface area contributed by atoms with Crippen molar-refractivity contribution in [2.75, 3.05) is 21.2 Å². The monoisotopic (exact) mass is 366 g/mol. The lowest BCUT2D eigenvalue weighted by molar-refractivity contribution is -0.872. The van der Waals surface area contributed by atoms with Gasteiger partial charge in [0.25, 0.3) is 0 Å². The first-order chi connectivity index (χ1) is 13.0. The molecule has 138 valence electrons. The Balaban J connectivity index is 1.90. The van der Waals surface area contributed by atoms with Crippen molar-refractivity contribution in [3.8, 4) is 11.5 Å². The van der Waals surface area contributed by atoms with E-state index in [1.165, 1.54) is 12.5 Å². The Morgan fingerprint density at radius 3 is 2.52 bits per heavy atom. The summed E-state index contributed by atoms with van der Waals surface area (Å²) in [6.07, 6.45) is 2.89. The summed E-state index contributed by atoms with van der Waals surface area (Å²) in [5.41, 5.74) is 2.70. The number of furan rings is 2. The molecule has 0 atom stereocenters. The van der Waals surface area contributed by atoms with Crippen molar-refractivity contribution >= 4 is 27.7 Å². The molecule has 0 spiro atoms. The fourth-order valence-electron chi connectivity index (χ4n) is 3.35. The summed E-state index contributed by atoms with van der Waals surface area (Å²) < 4.78 is 16.4. The highest BCUT2D eigenvalue weighted by Crippen LogP contribution is 2.34. The number of ketones is 1. The second-order valence-electron chi connectivity index (χ2n) is 6.81. The van der Waals surface area contributed by atoms with Gasteiger partial charge in [0.05, 0.1) is 37.9 Å². The maximum Gasteiger partial charge on any atom is 0.200 e. The number of hydrogen-bond acceptors (Lipinski definition) is 5. The lowest BCUT2D eigenvalue weighted by Gasteiger charge is -2.10. The molecule has 2 aromatic carbocycles. The van der Waals surface area contributed by atoms with Crippen molar-refractivity contribution in [1.29, 1.82) is 0 Å². The number of nitrogens with one attached hydrogen (secondary N) is 1. The lowest BCUT2D eigenvalue weighted by atomic mass is 9.98. The second-order valence-corrected chi connectivity index (χ2v) is 6.81. The fourth-order valence-corrected chi connectivity index (χ4v) is 3.35. The highest BCUT2D eigenvalue weighted by atomic mass is 16.5. The topological polar surface area (TPSA) is 77.2 Å². The molecule has 0 radical (unpaired) electrons. The first kappa shape index (κ1) is 17.2. The van der Waals surface area contributed by atoms with Gasteiger partial charge < -0.3 is 23.6 Å². The second kappa shape index (κ2) is 6.48. The highest BCUT2D eigenvalue weighted by Gasteiger charge is 2.24. The van der Waals surface area contributed by atoms with E-state index in [4.69, 9.17) is 13.6 Å². The average molecular weight is 366 g/mol. The summed E-state index contributed by atoms with van der Waals surface area (Å²) in [4.78, 5) is 14.4. The van der Waals surface area contributed by atoms with Gasteiger partial charge in [-0.15, -0.1) is 0 Å². The Morgan fingerprint density at radius 2 is 1.78 bits per heavy atom. The molecule has 4 aromatic rings. The number of benzene rings is 2. The normalized spacial score (nSPS) is 11.6. The van der Waals surface area contributed by atoms with E-state index < -0.39 is 0 Å². The molecule has 0 aliphatic heterocycles. The van der Waals surface area contributed by atoms with Crippen molar-refractivity contribution in [2.24, 2.45) is 0 Å². The number of phenolic OH excluding ortho intramolecular Hbond substituents is 1. The van der Waals surface area contributed by atoms with Crippen molar-refractivity contribution in [2.45, 2.75) is 6.54 Å². The Hall–Kier alpha value is -3.25. The number of ether oxygens (including phenoxy) is 1. The molecule has 27 heavy (non-hydrogen) atoms. The van der Waals surface area contributed by atoms with Crippen LogP contribution in [0.5, 0.6) is 11.5 Å². The first-order valence-electron chi connectivity index (χ1n) is 8.60. The molecule has 2 aromatic heterocycles. The van der Waals surface area contributed by atoms with E-state index in [-0.39, 0.29) is 11.5 Å². The van der Waals surface area contributed by atoms with E-state index in [2.05, 4.69) is 0 Å². The largest absolute Gasteiger partial charge is 0.507 e. The summed E-state index contributed by atoms with van der Waals surface area (Å²) in [6, 6.07) is 8.59. The minimum atomic E-state index is -0.221. The molecule has 0 fully saturated rings. The van der Waals surface area contributed by atoms with Crippen LogP contribution in [0, 0.1) is 0 Å². The maximum atomic E-state index is 13.3. The van der Waals surface area contributed by atoms with Crippen LogP contribution in [0.15, 0.2) is 51.7 Å². The molecule has 6 nitrogen and oxygen atoms in total. The van der Waals surface area contributed by atoms with E-state index in [0.29, 0.717) is 50.9 Å². The van der Waals surface area contributed by atoms with Gasteiger partial charge in [-0.2, -0.15) is 0 Å². The number of aromatic hydroxyl groups is 1. The van der Waals surface area contributed by atoms with Crippen LogP contribution in [0.4, 0.5) is 0 Å². The minimum absolute atomic E-state index is 0.151. The van der Waals surface area contributed by atoms with Crippen LogP contribution in [-0.2, 0) is 6.54 Å². The number of quaternary nitrogens is 1. The van der Waals surface area contributed by atoms with E-state index in [0.717, 1.165) is 4.90 Å². The van der Waals surface area contributed by atoms with Gasteiger partial charge in [0.2, 0.25) is 5.78 Å². The van der Waals surface area contributed by atoms with Crippen molar-refractivity contribution in [3.05, 3.63) is 59.5 Å². The van der Waals surface area contributed by atoms with Crippen LogP contribution >= 0.6 is 0 Å². The standard InChI is InChI=1S/C21H19NO5/c1-22(2)9-14-17(23)5-7-19-20(14)16(11-27-19)21(24)15-10-26-18-6-4-12(25-3)8-13(15)18/h4-8,10-11,23H,9H2,1-3H3/p+1. The Labute approximate surface area is 155 Å². The molecule has 0 saturated heterocycles.